The number of hydrogen-bond donors (Lipinski definition) is 1. The van der Waals surface area contributed by atoms with E-state index in [-0.39, 0.29) is 6.10 Å². The monoisotopic (exact) mass is 241 g/mol. The number of hydrogen-bond acceptors (Lipinski definition) is 3. The number of ether oxygens (including phenoxy) is 1. The molecule has 1 aliphatic rings. The minimum atomic E-state index is -0.433. The molecule has 1 heterocycles. The van der Waals surface area contributed by atoms with E-state index in [1.165, 1.54) is 0 Å². The minimum Gasteiger partial charge on any atom is -0.488 e. The molecule has 1 saturated heterocycles. The lowest BCUT2D eigenvalue weighted by atomic mass is 10.1. The van der Waals surface area contributed by atoms with Gasteiger partial charge in [-0.3, -0.25) is 0 Å². The molecule has 0 amide bonds. The Hall–Kier alpha value is -0.770. The molecule has 0 radical (unpaired) electrons. The van der Waals surface area contributed by atoms with Crippen molar-refractivity contribution < 1.29 is 9.84 Å². The number of rotatable bonds is 2. The van der Waals surface area contributed by atoms with Crippen LogP contribution >= 0.6 is 11.6 Å². The van der Waals surface area contributed by atoms with E-state index in [4.69, 9.17) is 16.3 Å². The van der Waals surface area contributed by atoms with Crippen LogP contribution in [0.2, 0.25) is 5.02 Å². The van der Waals surface area contributed by atoms with Gasteiger partial charge in [-0.2, -0.15) is 0 Å². The van der Waals surface area contributed by atoms with Crippen molar-refractivity contribution in [2.45, 2.75) is 18.6 Å². The fraction of sp³-hybridized carbons (Fsp3) is 0.500. The fourth-order valence-electron chi connectivity index (χ4n) is 1.92. The number of nitrogens with zero attached hydrogens (tertiary/aromatic N) is 1. The van der Waals surface area contributed by atoms with Crippen molar-refractivity contribution in [3.8, 4) is 5.75 Å². The van der Waals surface area contributed by atoms with Crippen molar-refractivity contribution in [2.75, 3.05) is 20.1 Å². The van der Waals surface area contributed by atoms with Crippen LogP contribution in [0.1, 0.15) is 6.42 Å². The first-order valence-corrected chi connectivity index (χ1v) is 5.82. The summed E-state index contributed by atoms with van der Waals surface area (Å²) in [4.78, 5) is 2.10. The predicted molar refractivity (Wildman–Crippen MR) is 64.0 cm³/mol. The van der Waals surface area contributed by atoms with Crippen LogP contribution in [0, 0.1) is 0 Å². The second-order valence-electron chi connectivity index (χ2n) is 4.23. The quantitative estimate of drug-likeness (QED) is 0.857. The van der Waals surface area contributed by atoms with Gasteiger partial charge < -0.3 is 14.7 Å². The van der Waals surface area contributed by atoms with Gasteiger partial charge in [0.05, 0.1) is 0 Å². The van der Waals surface area contributed by atoms with Crippen molar-refractivity contribution in [3.63, 3.8) is 0 Å². The zero-order valence-corrected chi connectivity index (χ0v) is 10.0. The summed E-state index contributed by atoms with van der Waals surface area (Å²) in [5, 5.41) is 10.5. The molecule has 16 heavy (non-hydrogen) atoms. The summed E-state index contributed by atoms with van der Waals surface area (Å²) in [5.41, 5.74) is 0. The van der Waals surface area contributed by atoms with Gasteiger partial charge in [0.15, 0.2) is 0 Å². The first-order valence-electron chi connectivity index (χ1n) is 5.44. The Morgan fingerprint density at radius 3 is 3.00 bits per heavy atom. The van der Waals surface area contributed by atoms with E-state index in [0.29, 0.717) is 11.6 Å². The van der Waals surface area contributed by atoms with Crippen molar-refractivity contribution >= 4 is 11.6 Å². The van der Waals surface area contributed by atoms with Gasteiger partial charge in [0.2, 0.25) is 0 Å². The standard InChI is InChI=1S/C12H16ClNO2/c1-14-6-5-12(11(15)8-14)16-10-4-2-3-9(13)7-10/h2-4,7,11-12,15H,5-6,8H2,1H3/t11-,12+/m0/s1. The number of benzene rings is 1. The first-order chi connectivity index (χ1) is 7.65. The van der Waals surface area contributed by atoms with Crippen molar-refractivity contribution in [3.05, 3.63) is 29.3 Å². The smallest absolute Gasteiger partial charge is 0.127 e. The topological polar surface area (TPSA) is 32.7 Å². The maximum Gasteiger partial charge on any atom is 0.127 e. The lowest BCUT2D eigenvalue weighted by Crippen LogP contribution is -2.47. The van der Waals surface area contributed by atoms with Crippen LogP contribution in [0.15, 0.2) is 24.3 Å². The second kappa shape index (κ2) is 5.04. The number of aliphatic hydroxyl groups is 1. The highest BCUT2D eigenvalue weighted by atomic mass is 35.5. The highest BCUT2D eigenvalue weighted by molar-refractivity contribution is 6.30. The summed E-state index contributed by atoms with van der Waals surface area (Å²) in [6, 6.07) is 7.28. The van der Waals surface area contributed by atoms with E-state index in [9.17, 15) is 5.11 Å². The molecule has 4 heteroatoms. The van der Waals surface area contributed by atoms with Gasteiger partial charge in [0, 0.05) is 18.1 Å². The minimum absolute atomic E-state index is 0.130. The van der Waals surface area contributed by atoms with E-state index in [1.807, 2.05) is 19.2 Å². The normalized spacial score (nSPS) is 26.7. The molecule has 2 atom stereocenters. The Morgan fingerprint density at radius 2 is 2.31 bits per heavy atom. The molecule has 0 saturated carbocycles. The van der Waals surface area contributed by atoms with Crippen LogP contribution in [0.3, 0.4) is 0 Å². The Kier molecular flexibility index (Phi) is 3.69. The maximum atomic E-state index is 9.87. The van der Waals surface area contributed by atoms with Gasteiger partial charge in [-0.05, 0) is 31.7 Å². The van der Waals surface area contributed by atoms with Crippen LogP contribution < -0.4 is 4.74 Å². The number of halogens is 1. The third-order valence-corrected chi connectivity index (χ3v) is 3.04. The summed E-state index contributed by atoms with van der Waals surface area (Å²) in [6.45, 7) is 1.60. The van der Waals surface area contributed by atoms with Crippen LogP contribution in [-0.4, -0.2) is 42.4 Å². The summed E-state index contributed by atoms with van der Waals surface area (Å²) < 4.78 is 5.74. The molecule has 1 N–H and O–H groups in total. The molecule has 1 fully saturated rings. The average molecular weight is 242 g/mol. The zero-order chi connectivity index (χ0) is 11.5. The maximum absolute atomic E-state index is 9.87. The van der Waals surface area contributed by atoms with Gasteiger partial charge in [-0.1, -0.05) is 17.7 Å². The SMILES string of the molecule is CN1CC[C@@H](Oc2cccc(Cl)c2)[C@@H](O)C1. The Morgan fingerprint density at radius 1 is 1.50 bits per heavy atom. The third kappa shape index (κ3) is 2.88. The summed E-state index contributed by atoms with van der Waals surface area (Å²) >= 11 is 5.87. The van der Waals surface area contributed by atoms with Crippen molar-refractivity contribution in [2.24, 2.45) is 0 Å². The van der Waals surface area contributed by atoms with E-state index < -0.39 is 6.10 Å². The summed E-state index contributed by atoms with van der Waals surface area (Å²) in [6.07, 6.45) is 0.275. The van der Waals surface area contributed by atoms with Gasteiger partial charge in [0.25, 0.3) is 0 Å². The van der Waals surface area contributed by atoms with Crippen LogP contribution in [-0.2, 0) is 0 Å². The molecule has 1 aliphatic heterocycles. The molecule has 0 spiro atoms. The van der Waals surface area contributed by atoms with E-state index in [0.717, 1.165) is 18.7 Å². The number of β-amino-alcohol motifs (C(OH)–C–C–N with tert-alkyl or cyclic N) is 1. The van der Waals surface area contributed by atoms with Crippen LogP contribution in [0.25, 0.3) is 0 Å². The molecule has 0 unspecified atom stereocenters. The van der Waals surface area contributed by atoms with E-state index in [1.54, 1.807) is 12.1 Å². The second-order valence-corrected chi connectivity index (χ2v) is 4.67. The average Bonchev–Trinajstić information content (AvgIpc) is 2.22. The largest absolute Gasteiger partial charge is 0.488 e. The van der Waals surface area contributed by atoms with Gasteiger partial charge in [-0.15, -0.1) is 0 Å². The molecule has 2 rings (SSSR count). The zero-order valence-electron chi connectivity index (χ0n) is 9.27. The number of aliphatic hydroxyl groups excluding tert-OH is 1. The molecular weight excluding hydrogens is 226 g/mol. The van der Waals surface area contributed by atoms with Gasteiger partial charge in [0.1, 0.15) is 18.0 Å². The van der Waals surface area contributed by atoms with Gasteiger partial charge >= 0.3 is 0 Å². The number of likely N-dealkylation sites (tertiary alicyclic amines) is 1. The van der Waals surface area contributed by atoms with E-state index >= 15 is 0 Å². The molecule has 1 aromatic carbocycles. The Bertz CT molecular complexity index is 359. The van der Waals surface area contributed by atoms with Crippen molar-refractivity contribution in [1.29, 1.82) is 0 Å². The van der Waals surface area contributed by atoms with Crippen LogP contribution in [0.5, 0.6) is 5.75 Å². The van der Waals surface area contributed by atoms with Crippen molar-refractivity contribution in [1.82, 2.24) is 4.90 Å². The molecule has 88 valence electrons. The lowest BCUT2D eigenvalue weighted by Gasteiger charge is -2.33. The number of likely N-dealkylation sites (N-methyl/N-ethyl adjacent to an activating group) is 1. The molecule has 0 aliphatic carbocycles. The van der Waals surface area contributed by atoms with Gasteiger partial charge in [-0.25, -0.2) is 0 Å². The lowest BCUT2D eigenvalue weighted by molar-refractivity contribution is -0.0181. The van der Waals surface area contributed by atoms with E-state index in [2.05, 4.69) is 4.90 Å². The fourth-order valence-corrected chi connectivity index (χ4v) is 2.10. The third-order valence-electron chi connectivity index (χ3n) is 2.81. The summed E-state index contributed by atoms with van der Waals surface area (Å²) in [7, 11) is 2.00. The molecule has 1 aromatic rings. The molecular formula is C12H16ClNO2. The Labute approximate surface area is 101 Å². The highest BCUT2D eigenvalue weighted by Gasteiger charge is 2.27. The Balaban J connectivity index is 1.99. The molecule has 3 nitrogen and oxygen atoms in total. The highest BCUT2D eigenvalue weighted by Crippen LogP contribution is 2.21. The number of piperidine rings is 1. The first kappa shape index (κ1) is 11.7. The predicted octanol–water partition coefficient (Wildman–Crippen LogP) is 1.78. The van der Waals surface area contributed by atoms with Crippen LogP contribution in [0.4, 0.5) is 0 Å². The molecule has 0 aromatic heterocycles. The molecule has 0 bridgehead atoms. The summed E-state index contributed by atoms with van der Waals surface area (Å²) in [5.74, 6) is 0.723.